The van der Waals surface area contributed by atoms with Gasteiger partial charge in [0.15, 0.2) is 17.0 Å². The fraction of sp³-hybridized carbons (Fsp3) is 0.478. The molecule has 1 aromatic carbocycles. The molecule has 0 radical (unpaired) electrons. The number of hydrogen-bond donors (Lipinski definition) is 0. The van der Waals surface area contributed by atoms with Crippen molar-refractivity contribution in [2.45, 2.75) is 73.1 Å². The van der Waals surface area contributed by atoms with Gasteiger partial charge in [-0.05, 0) is 40.5 Å². The maximum Gasteiger partial charge on any atom is 0.421 e. The minimum Gasteiger partial charge on any atom is -0.443 e. The standard InChI is InChI=1S/C23H30N4O4/c1-7-13-25-19-17(20(28)26(14-8-2)21(25)29)27(22(30)31-23(4,5)6)18(24-19)16-11-9-15(3)10-12-16/h9-12H,7-8,13-14H2,1-6H3. The second-order valence-electron chi connectivity index (χ2n) is 8.68. The molecule has 2 heterocycles. The Morgan fingerprint density at radius 3 is 2.13 bits per heavy atom. The van der Waals surface area contributed by atoms with Gasteiger partial charge in [-0.1, -0.05) is 43.7 Å². The number of ether oxygens (including phenoxy) is 1. The van der Waals surface area contributed by atoms with E-state index in [0.29, 0.717) is 24.9 Å². The summed E-state index contributed by atoms with van der Waals surface area (Å²) in [5.74, 6) is 0.278. The summed E-state index contributed by atoms with van der Waals surface area (Å²) in [6, 6.07) is 7.49. The largest absolute Gasteiger partial charge is 0.443 e. The highest BCUT2D eigenvalue weighted by Crippen LogP contribution is 2.25. The average Bonchev–Trinajstić information content (AvgIpc) is 3.08. The number of nitrogens with zero attached hydrogens (tertiary/aromatic N) is 4. The molecule has 166 valence electrons. The predicted octanol–water partition coefficient (Wildman–Crippen LogP) is 3.94. The van der Waals surface area contributed by atoms with E-state index in [1.54, 1.807) is 20.8 Å². The molecule has 0 aliphatic rings. The van der Waals surface area contributed by atoms with Crippen LogP contribution < -0.4 is 11.2 Å². The Hall–Kier alpha value is -3.16. The first-order valence-electron chi connectivity index (χ1n) is 10.7. The number of benzene rings is 1. The highest BCUT2D eigenvalue weighted by atomic mass is 16.6. The zero-order valence-electron chi connectivity index (χ0n) is 19.1. The summed E-state index contributed by atoms with van der Waals surface area (Å²) in [5.41, 5.74) is 0.258. The number of hydrogen-bond acceptors (Lipinski definition) is 5. The van der Waals surface area contributed by atoms with Crippen molar-refractivity contribution >= 4 is 17.3 Å². The van der Waals surface area contributed by atoms with Crippen LogP contribution in [0.3, 0.4) is 0 Å². The van der Waals surface area contributed by atoms with Crippen LogP contribution in [0.5, 0.6) is 0 Å². The molecule has 0 aliphatic heterocycles. The fourth-order valence-corrected chi connectivity index (χ4v) is 3.47. The van der Waals surface area contributed by atoms with Crippen LogP contribution in [0, 0.1) is 6.92 Å². The third-order valence-corrected chi connectivity index (χ3v) is 4.80. The molecule has 0 unspecified atom stereocenters. The number of rotatable bonds is 5. The molecule has 31 heavy (non-hydrogen) atoms. The number of carbonyl (C=O) groups is 1. The van der Waals surface area contributed by atoms with E-state index in [4.69, 9.17) is 4.74 Å². The van der Waals surface area contributed by atoms with Crippen LogP contribution in [0.1, 0.15) is 53.0 Å². The van der Waals surface area contributed by atoms with Crippen molar-refractivity contribution < 1.29 is 9.53 Å². The first-order chi connectivity index (χ1) is 14.6. The van der Waals surface area contributed by atoms with Crippen LogP contribution in [-0.2, 0) is 17.8 Å². The lowest BCUT2D eigenvalue weighted by molar-refractivity contribution is 0.0546. The molecule has 0 spiro atoms. The molecule has 0 aliphatic carbocycles. The van der Waals surface area contributed by atoms with Crippen LogP contribution in [-0.4, -0.2) is 30.4 Å². The van der Waals surface area contributed by atoms with E-state index in [-0.39, 0.29) is 23.5 Å². The van der Waals surface area contributed by atoms with Gasteiger partial charge in [0, 0.05) is 18.7 Å². The topological polar surface area (TPSA) is 88.1 Å². The summed E-state index contributed by atoms with van der Waals surface area (Å²) in [6.45, 7) is 11.7. The van der Waals surface area contributed by atoms with Gasteiger partial charge in [-0.25, -0.2) is 19.1 Å². The van der Waals surface area contributed by atoms with Crippen molar-refractivity contribution in [1.29, 1.82) is 0 Å². The molecule has 0 amide bonds. The Kier molecular flexibility index (Phi) is 6.20. The molecule has 8 heteroatoms. The van der Waals surface area contributed by atoms with Gasteiger partial charge < -0.3 is 4.74 Å². The average molecular weight is 427 g/mol. The quantitative estimate of drug-likeness (QED) is 0.617. The minimum atomic E-state index is -0.765. The van der Waals surface area contributed by atoms with Crippen molar-refractivity contribution in [1.82, 2.24) is 18.7 Å². The van der Waals surface area contributed by atoms with Crippen molar-refractivity contribution in [2.75, 3.05) is 0 Å². The second-order valence-corrected chi connectivity index (χ2v) is 8.68. The molecule has 8 nitrogen and oxygen atoms in total. The van der Waals surface area contributed by atoms with E-state index in [0.717, 1.165) is 5.56 Å². The monoisotopic (exact) mass is 426 g/mol. The van der Waals surface area contributed by atoms with Crippen LogP contribution in [0.15, 0.2) is 33.9 Å². The fourth-order valence-electron chi connectivity index (χ4n) is 3.47. The van der Waals surface area contributed by atoms with E-state index in [2.05, 4.69) is 4.98 Å². The van der Waals surface area contributed by atoms with E-state index < -0.39 is 22.9 Å². The number of carbonyl (C=O) groups excluding carboxylic acids is 1. The molecule has 0 N–H and O–H groups in total. The maximum absolute atomic E-state index is 13.4. The van der Waals surface area contributed by atoms with E-state index >= 15 is 0 Å². The van der Waals surface area contributed by atoms with Gasteiger partial charge >= 0.3 is 11.8 Å². The summed E-state index contributed by atoms with van der Waals surface area (Å²) in [6.07, 6.45) is 0.587. The van der Waals surface area contributed by atoms with Crippen molar-refractivity contribution in [3.8, 4) is 11.4 Å². The Labute approximate surface area is 181 Å². The van der Waals surface area contributed by atoms with Crippen LogP contribution >= 0.6 is 0 Å². The Bertz CT molecular complexity index is 1220. The highest BCUT2D eigenvalue weighted by molar-refractivity contribution is 5.90. The third kappa shape index (κ3) is 4.33. The number of aromatic nitrogens is 4. The Balaban J connectivity index is 2.46. The maximum atomic E-state index is 13.4. The summed E-state index contributed by atoms with van der Waals surface area (Å²) in [4.78, 5) is 44.3. The van der Waals surface area contributed by atoms with E-state index in [9.17, 15) is 14.4 Å². The van der Waals surface area contributed by atoms with E-state index in [1.165, 1.54) is 13.7 Å². The molecule has 3 aromatic rings. The summed E-state index contributed by atoms with van der Waals surface area (Å²) in [7, 11) is 0. The Morgan fingerprint density at radius 1 is 1.00 bits per heavy atom. The zero-order chi connectivity index (χ0) is 22.9. The van der Waals surface area contributed by atoms with Gasteiger partial charge in [-0.3, -0.25) is 13.9 Å². The number of aryl methyl sites for hydroxylation is 2. The van der Waals surface area contributed by atoms with Gasteiger partial charge in [0.05, 0.1) is 0 Å². The zero-order valence-corrected chi connectivity index (χ0v) is 19.1. The highest BCUT2D eigenvalue weighted by Gasteiger charge is 2.28. The lowest BCUT2D eigenvalue weighted by Gasteiger charge is -2.20. The SMILES string of the molecule is CCCn1c(=O)c2c(nc(-c3ccc(C)cc3)n2C(=O)OC(C)(C)C)n(CCC)c1=O. The molecule has 0 saturated carbocycles. The molecule has 0 atom stereocenters. The molecule has 0 bridgehead atoms. The summed E-state index contributed by atoms with van der Waals surface area (Å²) in [5, 5.41) is 0. The van der Waals surface area contributed by atoms with Crippen molar-refractivity contribution in [3.05, 3.63) is 50.7 Å². The molecular weight excluding hydrogens is 396 g/mol. The van der Waals surface area contributed by atoms with Crippen LogP contribution in [0.2, 0.25) is 0 Å². The van der Waals surface area contributed by atoms with Gasteiger partial charge in [0.25, 0.3) is 5.56 Å². The van der Waals surface area contributed by atoms with Gasteiger partial charge in [-0.15, -0.1) is 0 Å². The normalized spacial score (nSPS) is 11.8. The van der Waals surface area contributed by atoms with Crippen LogP contribution in [0.4, 0.5) is 4.79 Å². The first-order valence-corrected chi connectivity index (χ1v) is 10.7. The van der Waals surface area contributed by atoms with Crippen molar-refractivity contribution in [3.63, 3.8) is 0 Å². The lowest BCUT2D eigenvalue weighted by atomic mass is 10.1. The number of fused-ring (bicyclic) bond motifs is 1. The molecular formula is C23H30N4O4. The predicted molar refractivity (Wildman–Crippen MR) is 121 cm³/mol. The van der Waals surface area contributed by atoms with Crippen LogP contribution in [0.25, 0.3) is 22.6 Å². The minimum absolute atomic E-state index is 0.0614. The first kappa shape index (κ1) is 22.5. The third-order valence-electron chi connectivity index (χ3n) is 4.80. The number of imidazole rings is 1. The van der Waals surface area contributed by atoms with E-state index in [1.807, 2.05) is 45.0 Å². The second kappa shape index (κ2) is 8.53. The van der Waals surface area contributed by atoms with Crippen molar-refractivity contribution in [2.24, 2.45) is 0 Å². The Morgan fingerprint density at radius 2 is 1.58 bits per heavy atom. The van der Waals surface area contributed by atoms with Gasteiger partial charge in [-0.2, -0.15) is 0 Å². The summed E-state index contributed by atoms with van der Waals surface area (Å²) >= 11 is 0. The molecule has 2 aromatic heterocycles. The van der Waals surface area contributed by atoms with Gasteiger partial charge in [0.1, 0.15) is 5.60 Å². The lowest BCUT2D eigenvalue weighted by Crippen LogP contribution is -2.41. The smallest absolute Gasteiger partial charge is 0.421 e. The molecule has 0 fully saturated rings. The summed E-state index contributed by atoms with van der Waals surface area (Å²) < 4.78 is 9.48. The molecule has 0 saturated heterocycles. The van der Waals surface area contributed by atoms with Gasteiger partial charge in [0.2, 0.25) is 0 Å². The molecule has 3 rings (SSSR count).